The standard InChI is InChI=1S/C26H29F2N3O3/c1-26(2,3)34-25(33)31-11-15(16-4-5-20(27)29-23(16)28)10-19(31)24(32)30-22-14-7-13-6-12-8-18(22)21(13)17(12)9-14/h4-5,10-14,17-18,21-22H,6-9H2,1-3H3,(H,30,32). The minimum atomic E-state index is -1.01. The van der Waals surface area contributed by atoms with Crippen LogP contribution in [0.25, 0.3) is 11.1 Å². The number of hydrogen-bond donors (Lipinski definition) is 1. The highest BCUT2D eigenvalue weighted by atomic mass is 19.1. The van der Waals surface area contributed by atoms with Crippen molar-refractivity contribution in [3.05, 3.63) is 42.0 Å². The van der Waals surface area contributed by atoms with Crippen molar-refractivity contribution in [2.45, 2.75) is 58.1 Å². The van der Waals surface area contributed by atoms with E-state index >= 15 is 0 Å². The Morgan fingerprint density at radius 1 is 1.06 bits per heavy atom. The number of halogens is 2. The molecule has 7 atom stereocenters. The SMILES string of the molecule is CC(C)(C)OC(=O)n1cc(-c2ccc(F)nc2F)cc1C(=O)NC1C2CC3CC4CC1C3C4C2. The van der Waals surface area contributed by atoms with Crippen molar-refractivity contribution >= 4 is 12.0 Å². The molecule has 0 aromatic carbocycles. The summed E-state index contributed by atoms with van der Waals surface area (Å²) in [6, 6.07) is 3.85. The minimum absolute atomic E-state index is 0.00760. The van der Waals surface area contributed by atoms with E-state index in [0.29, 0.717) is 17.8 Å². The van der Waals surface area contributed by atoms with Crippen molar-refractivity contribution in [3.8, 4) is 11.1 Å². The number of amides is 1. The molecule has 1 amide bonds. The number of nitrogens with zero attached hydrogens (tertiary/aromatic N) is 2. The zero-order valence-corrected chi connectivity index (χ0v) is 19.6. The molecule has 2 aromatic heterocycles. The first-order chi connectivity index (χ1) is 16.1. The molecule has 2 heterocycles. The van der Waals surface area contributed by atoms with E-state index in [4.69, 9.17) is 4.74 Å². The van der Waals surface area contributed by atoms with E-state index in [1.807, 2.05) is 0 Å². The lowest BCUT2D eigenvalue weighted by atomic mass is 9.58. The quantitative estimate of drug-likeness (QED) is 0.641. The molecule has 7 rings (SSSR count). The highest BCUT2D eigenvalue weighted by Crippen LogP contribution is 2.68. The minimum Gasteiger partial charge on any atom is -0.443 e. The molecule has 6 nitrogen and oxygen atoms in total. The normalized spacial score (nSPS) is 32.9. The first-order valence-corrected chi connectivity index (χ1v) is 12.2. The zero-order valence-electron chi connectivity index (χ0n) is 19.6. The maximum absolute atomic E-state index is 14.4. The number of carbonyl (C=O) groups excluding carboxylic acids is 2. The van der Waals surface area contributed by atoms with Crippen LogP contribution < -0.4 is 5.32 Å². The van der Waals surface area contributed by atoms with Gasteiger partial charge in [0.25, 0.3) is 5.91 Å². The maximum Gasteiger partial charge on any atom is 0.419 e. The average Bonchev–Trinajstić information content (AvgIpc) is 3.38. The summed E-state index contributed by atoms with van der Waals surface area (Å²) in [5.74, 6) is 1.83. The van der Waals surface area contributed by atoms with Gasteiger partial charge in [0.2, 0.25) is 11.9 Å². The third kappa shape index (κ3) is 3.36. The molecule has 1 N–H and O–H groups in total. The Hall–Kier alpha value is -2.77. The molecule has 0 spiro atoms. The molecule has 34 heavy (non-hydrogen) atoms. The van der Waals surface area contributed by atoms with E-state index in [9.17, 15) is 18.4 Å². The van der Waals surface area contributed by atoms with Crippen LogP contribution in [-0.2, 0) is 4.74 Å². The van der Waals surface area contributed by atoms with Crippen molar-refractivity contribution in [1.82, 2.24) is 14.9 Å². The summed E-state index contributed by atoms with van der Waals surface area (Å²) in [5, 5.41) is 3.25. The summed E-state index contributed by atoms with van der Waals surface area (Å²) in [6.45, 7) is 5.21. The van der Waals surface area contributed by atoms with Crippen LogP contribution in [0, 0.1) is 47.4 Å². The summed E-state index contributed by atoms with van der Waals surface area (Å²) < 4.78 is 34.3. The van der Waals surface area contributed by atoms with Gasteiger partial charge >= 0.3 is 6.09 Å². The van der Waals surface area contributed by atoms with Crippen molar-refractivity contribution in [3.63, 3.8) is 0 Å². The Kier molecular flexibility index (Phi) is 4.71. The monoisotopic (exact) mass is 469 g/mol. The highest BCUT2D eigenvalue weighted by Gasteiger charge is 2.64. The lowest BCUT2D eigenvalue weighted by Crippen LogP contribution is -2.55. The van der Waals surface area contributed by atoms with Crippen LogP contribution in [0.3, 0.4) is 0 Å². The average molecular weight is 470 g/mol. The summed E-state index contributed by atoms with van der Waals surface area (Å²) in [7, 11) is 0. The van der Waals surface area contributed by atoms with Gasteiger partial charge in [0, 0.05) is 23.4 Å². The number of ether oxygens (including phenoxy) is 1. The van der Waals surface area contributed by atoms with E-state index in [-0.39, 0.29) is 28.8 Å². The van der Waals surface area contributed by atoms with Crippen molar-refractivity contribution in [2.24, 2.45) is 35.5 Å². The molecule has 5 aliphatic rings. The predicted molar refractivity (Wildman–Crippen MR) is 120 cm³/mol. The van der Waals surface area contributed by atoms with Crippen LogP contribution in [0.5, 0.6) is 0 Å². The maximum atomic E-state index is 14.4. The van der Waals surface area contributed by atoms with Gasteiger partial charge in [-0.25, -0.2) is 9.36 Å². The number of hydrogen-bond acceptors (Lipinski definition) is 4. The first-order valence-electron chi connectivity index (χ1n) is 12.2. The molecule has 6 bridgehead atoms. The lowest BCUT2D eigenvalue weighted by molar-refractivity contribution is 0.0112. The lowest BCUT2D eigenvalue weighted by Gasteiger charge is -2.50. The molecule has 0 radical (unpaired) electrons. The number of nitrogens with one attached hydrogen (secondary N) is 1. The van der Waals surface area contributed by atoms with Gasteiger partial charge in [0.1, 0.15) is 11.3 Å². The van der Waals surface area contributed by atoms with Gasteiger partial charge in [-0.05, 0) is 100 Å². The molecule has 5 aliphatic carbocycles. The molecule has 2 aromatic rings. The molecular weight excluding hydrogens is 440 g/mol. The highest BCUT2D eigenvalue weighted by molar-refractivity contribution is 5.98. The van der Waals surface area contributed by atoms with E-state index in [1.165, 1.54) is 44.0 Å². The fourth-order valence-electron chi connectivity index (χ4n) is 7.62. The number of carbonyl (C=O) groups is 2. The Bertz CT molecular complexity index is 1180. The Morgan fingerprint density at radius 2 is 1.79 bits per heavy atom. The van der Waals surface area contributed by atoms with Crippen LogP contribution in [0.15, 0.2) is 24.4 Å². The van der Waals surface area contributed by atoms with E-state index < -0.39 is 23.6 Å². The van der Waals surface area contributed by atoms with E-state index in [1.54, 1.807) is 20.8 Å². The smallest absolute Gasteiger partial charge is 0.419 e. The molecule has 5 saturated carbocycles. The third-order valence-electron chi connectivity index (χ3n) is 8.53. The zero-order chi connectivity index (χ0) is 23.9. The van der Waals surface area contributed by atoms with Gasteiger partial charge in [-0.3, -0.25) is 4.79 Å². The molecule has 5 fully saturated rings. The molecule has 180 valence electrons. The molecule has 0 saturated heterocycles. The van der Waals surface area contributed by atoms with Crippen LogP contribution >= 0.6 is 0 Å². The summed E-state index contributed by atoms with van der Waals surface area (Å²) in [4.78, 5) is 29.7. The van der Waals surface area contributed by atoms with Crippen LogP contribution in [0.4, 0.5) is 13.6 Å². The van der Waals surface area contributed by atoms with Crippen molar-refractivity contribution in [1.29, 1.82) is 0 Å². The van der Waals surface area contributed by atoms with Crippen LogP contribution in [0.1, 0.15) is 56.9 Å². The van der Waals surface area contributed by atoms with Gasteiger partial charge in [0.05, 0.1) is 0 Å². The van der Waals surface area contributed by atoms with Gasteiger partial charge in [-0.15, -0.1) is 0 Å². The Labute approximate surface area is 197 Å². The predicted octanol–water partition coefficient (Wildman–Crippen LogP) is 5.02. The van der Waals surface area contributed by atoms with Crippen molar-refractivity contribution in [2.75, 3.05) is 0 Å². The number of rotatable bonds is 3. The summed E-state index contributed by atoms with van der Waals surface area (Å²) >= 11 is 0. The van der Waals surface area contributed by atoms with Crippen molar-refractivity contribution < 1.29 is 23.1 Å². The third-order valence-corrected chi connectivity index (χ3v) is 8.53. The van der Waals surface area contributed by atoms with Gasteiger partial charge in [0.15, 0.2) is 0 Å². The molecular formula is C26H29F2N3O3. The van der Waals surface area contributed by atoms with E-state index in [0.717, 1.165) is 28.4 Å². The Morgan fingerprint density at radius 3 is 2.50 bits per heavy atom. The fraction of sp³-hybridized carbons (Fsp3) is 0.577. The first kappa shape index (κ1) is 21.7. The van der Waals surface area contributed by atoms with Gasteiger partial charge in [-0.2, -0.15) is 13.8 Å². The van der Waals surface area contributed by atoms with Crippen LogP contribution in [-0.4, -0.2) is 33.2 Å². The second-order valence-electron chi connectivity index (χ2n) is 11.6. The summed E-state index contributed by atoms with van der Waals surface area (Å²) in [6.07, 6.45) is 5.51. The second-order valence-corrected chi connectivity index (χ2v) is 11.6. The van der Waals surface area contributed by atoms with Gasteiger partial charge in [-0.1, -0.05) is 0 Å². The van der Waals surface area contributed by atoms with E-state index in [2.05, 4.69) is 10.3 Å². The Balaban J connectivity index is 1.32. The topological polar surface area (TPSA) is 73.2 Å². The molecule has 8 heteroatoms. The number of aromatic nitrogens is 2. The second kappa shape index (κ2) is 7.36. The number of pyridine rings is 1. The molecule has 0 aliphatic heterocycles. The van der Waals surface area contributed by atoms with Gasteiger partial charge < -0.3 is 10.1 Å². The largest absolute Gasteiger partial charge is 0.443 e. The fourth-order valence-corrected chi connectivity index (χ4v) is 7.62. The van der Waals surface area contributed by atoms with Crippen LogP contribution in [0.2, 0.25) is 0 Å². The molecule has 7 unspecified atom stereocenters. The summed E-state index contributed by atoms with van der Waals surface area (Å²) in [5.41, 5.74) is -0.434.